The van der Waals surface area contributed by atoms with Gasteiger partial charge in [0.15, 0.2) is 5.03 Å². The first-order valence-corrected chi connectivity index (χ1v) is 13.7. The number of carbonyl (C=O) groups is 1. The van der Waals surface area contributed by atoms with E-state index >= 15 is 0 Å². The van der Waals surface area contributed by atoms with Gasteiger partial charge in [-0.15, -0.1) is 0 Å². The number of rotatable bonds is 7. The minimum atomic E-state index is -4.23. The molecule has 0 radical (unpaired) electrons. The molecule has 1 amide bonds. The molecule has 0 saturated carbocycles. The van der Waals surface area contributed by atoms with Crippen LogP contribution in [0.25, 0.3) is 5.69 Å². The fourth-order valence-corrected chi connectivity index (χ4v) is 6.48. The lowest BCUT2D eigenvalue weighted by molar-refractivity contribution is 0.0997. The molecule has 4 aromatic rings. The molecule has 196 valence electrons. The monoisotopic (exact) mass is 531 g/mol. The first-order chi connectivity index (χ1) is 18.1. The summed E-state index contributed by atoms with van der Waals surface area (Å²) in [6.07, 6.45) is 6.13. The van der Waals surface area contributed by atoms with Gasteiger partial charge in [-0.05, 0) is 74.7 Å². The van der Waals surface area contributed by atoms with E-state index < -0.39 is 15.7 Å². The topological polar surface area (TPSA) is 120 Å². The summed E-state index contributed by atoms with van der Waals surface area (Å²) < 4.78 is 35.3. The van der Waals surface area contributed by atoms with Gasteiger partial charge in [-0.25, -0.2) is 18.4 Å². The number of aromatic nitrogens is 3. The Hall–Kier alpha value is -4.18. The van der Waals surface area contributed by atoms with Crippen molar-refractivity contribution < 1.29 is 17.9 Å². The maximum atomic E-state index is 13.8. The van der Waals surface area contributed by atoms with Gasteiger partial charge in [0.2, 0.25) is 15.7 Å². The van der Waals surface area contributed by atoms with E-state index in [0.717, 1.165) is 12.1 Å². The molecule has 1 atom stereocenters. The maximum absolute atomic E-state index is 13.8. The maximum Gasteiger partial charge on any atom is 0.253 e. The predicted molar refractivity (Wildman–Crippen MR) is 143 cm³/mol. The second kappa shape index (κ2) is 9.60. The van der Waals surface area contributed by atoms with Gasteiger partial charge in [0.1, 0.15) is 17.1 Å². The number of hydrogen-bond donors (Lipinski definition) is 1. The smallest absolute Gasteiger partial charge is 0.253 e. The van der Waals surface area contributed by atoms with Gasteiger partial charge in [0.05, 0.1) is 4.90 Å². The molecule has 0 bridgehead atoms. The Bertz CT molecular complexity index is 1580. The number of primary amides is 1. The molecule has 9 nitrogen and oxygen atoms in total. The van der Waals surface area contributed by atoms with Gasteiger partial charge in [0, 0.05) is 42.4 Å². The van der Waals surface area contributed by atoms with Crippen LogP contribution in [0.5, 0.6) is 11.6 Å². The van der Waals surface area contributed by atoms with Gasteiger partial charge < -0.3 is 19.9 Å². The molecule has 4 heterocycles. The first kappa shape index (κ1) is 25.5. The number of benzene rings is 1. The highest BCUT2D eigenvalue weighted by Gasteiger charge is 2.40. The SMILES string of the molecule is CC1CN(c2nccc(S(=O)(=O)c3cccc(Oc4ccc(-n5cccc5)cc4)n3)c2C(N)=O)C(C)(C)C1. The molecular formula is C28H29N5O4S. The van der Waals surface area contributed by atoms with Crippen molar-refractivity contribution in [3.63, 3.8) is 0 Å². The van der Waals surface area contributed by atoms with Crippen LogP contribution in [0.1, 0.15) is 37.6 Å². The number of amides is 1. The number of hydrogen-bond acceptors (Lipinski definition) is 7. The average Bonchev–Trinajstić information content (AvgIpc) is 3.51. The second-order valence-electron chi connectivity index (χ2n) is 10.1. The van der Waals surface area contributed by atoms with E-state index in [1.165, 1.54) is 18.3 Å². The van der Waals surface area contributed by atoms with E-state index in [0.29, 0.717) is 18.2 Å². The average molecular weight is 532 g/mol. The van der Waals surface area contributed by atoms with Crippen molar-refractivity contribution in [2.24, 2.45) is 11.7 Å². The second-order valence-corrected chi connectivity index (χ2v) is 12.0. The Kier molecular flexibility index (Phi) is 6.44. The zero-order chi connectivity index (χ0) is 27.1. The van der Waals surface area contributed by atoms with Crippen LogP contribution in [0.4, 0.5) is 5.82 Å². The van der Waals surface area contributed by atoms with Gasteiger partial charge in [-0.1, -0.05) is 13.0 Å². The largest absolute Gasteiger partial charge is 0.439 e. The summed E-state index contributed by atoms with van der Waals surface area (Å²) in [5.41, 5.74) is 6.24. The van der Waals surface area contributed by atoms with Gasteiger partial charge in [-0.3, -0.25) is 4.79 Å². The van der Waals surface area contributed by atoms with E-state index in [9.17, 15) is 13.2 Å². The quantitative estimate of drug-likeness (QED) is 0.369. The molecule has 2 N–H and O–H groups in total. The zero-order valence-corrected chi connectivity index (χ0v) is 22.2. The number of nitrogens with two attached hydrogens (primary N) is 1. The fourth-order valence-electron chi connectivity index (χ4n) is 5.08. The molecule has 1 aromatic carbocycles. The summed E-state index contributed by atoms with van der Waals surface area (Å²) >= 11 is 0. The standard InChI is InChI=1S/C28H29N5O4S/c1-19-17-28(2,3)33(18-19)27-25(26(29)34)22(13-14-30-27)38(35,36)24-8-6-7-23(31-24)37-21-11-9-20(10-12-21)32-15-4-5-16-32/h4-16,19H,17-18H2,1-3H3,(H2,29,34). The summed E-state index contributed by atoms with van der Waals surface area (Å²) in [7, 11) is -4.23. The van der Waals surface area contributed by atoms with E-state index in [-0.39, 0.29) is 32.7 Å². The van der Waals surface area contributed by atoms with Crippen molar-refractivity contribution in [1.82, 2.24) is 14.5 Å². The molecule has 1 saturated heterocycles. The Morgan fingerprint density at radius 2 is 1.76 bits per heavy atom. The minimum absolute atomic E-state index is 0.101. The van der Waals surface area contributed by atoms with Crippen LogP contribution in [-0.4, -0.2) is 40.9 Å². The van der Waals surface area contributed by atoms with Crippen LogP contribution in [0.15, 0.2) is 89.2 Å². The normalized spacial score (nSPS) is 16.9. The molecule has 1 aliphatic heterocycles. The van der Waals surface area contributed by atoms with Crippen LogP contribution in [0.2, 0.25) is 0 Å². The molecule has 10 heteroatoms. The molecule has 38 heavy (non-hydrogen) atoms. The Morgan fingerprint density at radius 1 is 1.05 bits per heavy atom. The van der Waals surface area contributed by atoms with Crippen LogP contribution in [-0.2, 0) is 9.84 Å². The van der Waals surface area contributed by atoms with Crippen molar-refractivity contribution in [3.8, 4) is 17.3 Å². The number of ether oxygens (including phenoxy) is 1. The van der Waals surface area contributed by atoms with Gasteiger partial charge >= 0.3 is 0 Å². The van der Waals surface area contributed by atoms with Crippen LogP contribution in [0.3, 0.4) is 0 Å². The summed E-state index contributed by atoms with van der Waals surface area (Å²) in [6.45, 7) is 6.82. The minimum Gasteiger partial charge on any atom is -0.439 e. The van der Waals surface area contributed by atoms with Crippen molar-refractivity contribution in [3.05, 3.63) is 84.8 Å². The van der Waals surface area contributed by atoms with Crippen LogP contribution in [0, 0.1) is 5.92 Å². The molecule has 1 unspecified atom stereocenters. The lowest BCUT2D eigenvalue weighted by Crippen LogP contribution is -2.40. The van der Waals surface area contributed by atoms with Gasteiger partial charge in [-0.2, -0.15) is 0 Å². The number of sulfone groups is 1. The third-order valence-electron chi connectivity index (χ3n) is 6.69. The zero-order valence-electron chi connectivity index (χ0n) is 21.4. The highest BCUT2D eigenvalue weighted by Crippen LogP contribution is 2.39. The Morgan fingerprint density at radius 3 is 2.39 bits per heavy atom. The van der Waals surface area contributed by atoms with E-state index in [2.05, 4.69) is 16.9 Å². The summed E-state index contributed by atoms with van der Waals surface area (Å²) in [5, 5.41) is -0.257. The van der Waals surface area contributed by atoms with E-state index in [4.69, 9.17) is 10.5 Å². The molecule has 1 fully saturated rings. The molecule has 1 aliphatic rings. The van der Waals surface area contributed by atoms with Crippen molar-refractivity contribution in [2.75, 3.05) is 11.4 Å². The molecule has 5 rings (SSSR count). The van der Waals surface area contributed by atoms with Crippen LogP contribution >= 0.6 is 0 Å². The van der Waals surface area contributed by atoms with E-state index in [1.54, 1.807) is 24.3 Å². The molecular weight excluding hydrogens is 502 g/mol. The van der Waals surface area contributed by atoms with Crippen molar-refractivity contribution >= 4 is 21.6 Å². The number of nitrogens with zero attached hydrogens (tertiary/aromatic N) is 4. The summed E-state index contributed by atoms with van der Waals surface area (Å²) in [6, 6.07) is 17.0. The lowest BCUT2D eigenvalue weighted by atomic mass is 9.97. The van der Waals surface area contributed by atoms with Crippen molar-refractivity contribution in [1.29, 1.82) is 0 Å². The fraction of sp³-hybridized carbons (Fsp3) is 0.250. The lowest BCUT2D eigenvalue weighted by Gasteiger charge is -2.33. The molecule has 0 aliphatic carbocycles. The van der Waals surface area contributed by atoms with Gasteiger partial charge in [0.25, 0.3) is 5.91 Å². The number of carbonyl (C=O) groups excluding carboxylic acids is 1. The first-order valence-electron chi connectivity index (χ1n) is 12.3. The van der Waals surface area contributed by atoms with E-state index in [1.807, 2.05) is 60.0 Å². The number of anilines is 1. The highest BCUT2D eigenvalue weighted by molar-refractivity contribution is 7.91. The van der Waals surface area contributed by atoms with Crippen LogP contribution < -0.4 is 15.4 Å². The summed E-state index contributed by atoms with van der Waals surface area (Å²) in [4.78, 5) is 23.0. The predicted octanol–water partition coefficient (Wildman–Crippen LogP) is 4.62. The number of pyridine rings is 2. The Balaban J connectivity index is 1.48. The summed E-state index contributed by atoms with van der Waals surface area (Å²) in [5.74, 6) is 0.350. The molecule has 0 spiro atoms. The highest BCUT2D eigenvalue weighted by atomic mass is 32.2. The van der Waals surface area contributed by atoms with Crippen molar-refractivity contribution in [2.45, 2.75) is 42.7 Å². The Labute approximate surface area is 221 Å². The molecule has 3 aromatic heterocycles. The third-order valence-corrected chi connectivity index (χ3v) is 8.39. The third kappa shape index (κ3) is 4.74.